The Morgan fingerprint density at radius 2 is 2.07 bits per heavy atom. The number of hydrogen-bond acceptors (Lipinski definition) is 3. The average molecular weight is 195 g/mol. The van der Waals surface area contributed by atoms with Crippen LogP contribution < -0.4 is 10.6 Å². The number of rotatable bonds is 3. The molecule has 14 heavy (non-hydrogen) atoms. The zero-order chi connectivity index (χ0) is 9.97. The van der Waals surface area contributed by atoms with Crippen molar-refractivity contribution in [2.75, 3.05) is 39.3 Å². The minimum absolute atomic E-state index is 0.140. The van der Waals surface area contributed by atoms with E-state index in [0.717, 1.165) is 32.7 Å². The topological polar surface area (TPSA) is 44.4 Å². The van der Waals surface area contributed by atoms with Crippen molar-refractivity contribution in [2.45, 2.75) is 6.92 Å². The molecule has 0 bridgehead atoms. The lowest BCUT2D eigenvalue weighted by Gasteiger charge is -2.16. The molecule has 0 spiro atoms. The van der Waals surface area contributed by atoms with E-state index in [1.165, 1.54) is 11.1 Å². The molecule has 0 aromatic carbocycles. The van der Waals surface area contributed by atoms with Crippen LogP contribution in [0.2, 0.25) is 0 Å². The van der Waals surface area contributed by atoms with Crippen molar-refractivity contribution in [3.05, 3.63) is 11.1 Å². The molecule has 0 atom stereocenters. The van der Waals surface area contributed by atoms with Gasteiger partial charge in [0.2, 0.25) is 5.91 Å². The normalized spacial score (nSPS) is 21.5. The van der Waals surface area contributed by atoms with Crippen molar-refractivity contribution in [3.8, 4) is 0 Å². The molecule has 4 heteroatoms. The van der Waals surface area contributed by atoms with Gasteiger partial charge in [-0.25, -0.2) is 0 Å². The molecule has 2 rings (SSSR count). The van der Waals surface area contributed by atoms with Crippen LogP contribution in [0.4, 0.5) is 0 Å². The molecule has 0 saturated carbocycles. The van der Waals surface area contributed by atoms with E-state index in [1.807, 2.05) is 6.92 Å². The number of carbonyl (C=O) groups is 1. The summed E-state index contributed by atoms with van der Waals surface area (Å²) in [7, 11) is 0. The molecule has 4 nitrogen and oxygen atoms in total. The van der Waals surface area contributed by atoms with Crippen molar-refractivity contribution in [1.82, 2.24) is 15.5 Å². The van der Waals surface area contributed by atoms with E-state index in [9.17, 15) is 4.79 Å². The fraction of sp³-hybridized carbons (Fsp3) is 0.700. The second-order valence-electron chi connectivity index (χ2n) is 3.91. The highest BCUT2D eigenvalue weighted by atomic mass is 16.2. The summed E-state index contributed by atoms with van der Waals surface area (Å²) in [6, 6.07) is 0. The van der Waals surface area contributed by atoms with Crippen molar-refractivity contribution in [3.63, 3.8) is 0 Å². The summed E-state index contributed by atoms with van der Waals surface area (Å²) < 4.78 is 0. The Morgan fingerprint density at radius 1 is 1.43 bits per heavy atom. The summed E-state index contributed by atoms with van der Waals surface area (Å²) in [5, 5.41) is 6.15. The zero-order valence-corrected chi connectivity index (χ0v) is 8.60. The van der Waals surface area contributed by atoms with Crippen LogP contribution in [0.3, 0.4) is 0 Å². The quantitative estimate of drug-likeness (QED) is 0.588. The van der Waals surface area contributed by atoms with Crippen LogP contribution in [0, 0.1) is 0 Å². The smallest absolute Gasteiger partial charge is 0.234 e. The van der Waals surface area contributed by atoms with E-state index in [2.05, 4.69) is 15.5 Å². The Kier molecular flexibility index (Phi) is 2.84. The predicted molar refractivity (Wildman–Crippen MR) is 55.0 cm³/mol. The molecular formula is C10H17N3O. The standard InChI is InChI=1S/C10H17N3O/c1-2-12-10(14)7-13-5-8-3-11-4-9(8)6-13/h11H,2-7H2,1H3,(H,12,14). The van der Waals surface area contributed by atoms with Crippen molar-refractivity contribution in [1.29, 1.82) is 0 Å². The predicted octanol–water partition coefficient (Wildman–Crippen LogP) is -0.662. The highest BCUT2D eigenvalue weighted by Crippen LogP contribution is 2.19. The van der Waals surface area contributed by atoms with Crippen LogP contribution in [0.25, 0.3) is 0 Å². The largest absolute Gasteiger partial charge is 0.355 e. The van der Waals surface area contributed by atoms with Gasteiger partial charge in [-0.05, 0) is 18.1 Å². The van der Waals surface area contributed by atoms with E-state index in [0.29, 0.717) is 6.54 Å². The molecule has 0 radical (unpaired) electrons. The number of hydrogen-bond donors (Lipinski definition) is 2. The number of carbonyl (C=O) groups excluding carboxylic acids is 1. The van der Waals surface area contributed by atoms with Crippen LogP contribution in [-0.4, -0.2) is 50.1 Å². The Bertz CT molecular complexity index is 257. The Balaban J connectivity index is 1.79. The Morgan fingerprint density at radius 3 is 2.64 bits per heavy atom. The van der Waals surface area contributed by atoms with Gasteiger partial charge in [0.1, 0.15) is 0 Å². The molecule has 2 aliphatic heterocycles. The number of likely N-dealkylation sites (N-methyl/N-ethyl adjacent to an activating group) is 1. The van der Waals surface area contributed by atoms with Gasteiger partial charge >= 0.3 is 0 Å². The Hall–Kier alpha value is -0.870. The molecule has 0 unspecified atom stereocenters. The first kappa shape index (κ1) is 9.68. The summed E-state index contributed by atoms with van der Waals surface area (Å²) in [6.07, 6.45) is 0. The molecule has 1 amide bonds. The van der Waals surface area contributed by atoms with Crippen molar-refractivity contribution in [2.24, 2.45) is 0 Å². The second kappa shape index (κ2) is 4.11. The molecule has 2 N–H and O–H groups in total. The third kappa shape index (κ3) is 1.96. The fourth-order valence-electron chi connectivity index (χ4n) is 2.11. The molecule has 0 aliphatic carbocycles. The number of amides is 1. The molecular weight excluding hydrogens is 178 g/mol. The number of nitrogens with zero attached hydrogens (tertiary/aromatic N) is 1. The summed E-state index contributed by atoms with van der Waals surface area (Å²) in [4.78, 5) is 13.5. The molecule has 2 aliphatic rings. The first-order chi connectivity index (χ1) is 6.79. The molecule has 0 aromatic rings. The van der Waals surface area contributed by atoms with Crippen molar-refractivity contribution >= 4 is 5.91 Å². The minimum atomic E-state index is 0.140. The number of nitrogens with one attached hydrogen (secondary N) is 2. The van der Waals surface area contributed by atoms with E-state index in [1.54, 1.807) is 0 Å². The lowest BCUT2D eigenvalue weighted by molar-refractivity contribution is -0.121. The second-order valence-corrected chi connectivity index (χ2v) is 3.91. The maximum atomic E-state index is 11.3. The van der Waals surface area contributed by atoms with Crippen LogP contribution in [-0.2, 0) is 4.79 Å². The van der Waals surface area contributed by atoms with Crippen LogP contribution in [0.1, 0.15) is 6.92 Å². The third-order valence-electron chi connectivity index (χ3n) is 2.75. The highest BCUT2D eigenvalue weighted by molar-refractivity contribution is 5.78. The average Bonchev–Trinajstić information content (AvgIpc) is 2.63. The van der Waals surface area contributed by atoms with Gasteiger partial charge in [-0.3, -0.25) is 9.69 Å². The van der Waals surface area contributed by atoms with Gasteiger partial charge in [0, 0.05) is 32.7 Å². The van der Waals surface area contributed by atoms with Gasteiger partial charge in [-0.15, -0.1) is 0 Å². The molecule has 0 aromatic heterocycles. The molecule has 0 fully saturated rings. The van der Waals surface area contributed by atoms with Crippen LogP contribution in [0.15, 0.2) is 11.1 Å². The van der Waals surface area contributed by atoms with Crippen LogP contribution in [0.5, 0.6) is 0 Å². The minimum Gasteiger partial charge on any atom is -0.355 e. The highest BCUT2D eigenvalue weighted by Gasteiger charge is 2.25. The van der Waals surface area contributed by atoms with Gasteiger partial charge in [-0.2, -0.15) is 0 Å². The van der Waals surface area contributed by atoms with Gasteiger partial charge in [0.05, 0.1) is 6.54 Å². The summed E-state index contributed by atoms with van der Waals surface area (Å²) >= 11 is 0. The summed E-state index contributed by atoms with van der Waals surface area (Å²) in [5.74, 6) is 0.140. The summed E-state index contributed by atoms with van der Waals surface area (Å²) in [5.41, 5.74) is 2.99. The Labute approximate surface area is 84.3 Å². The maximum Gasteiger partial charge on any atom is 0.234 e. The van der Waals surface area contributed by atoms with E-state index in [4.69, 9.17) is 0 Å². The van der Waals surface area contributed by atoms with E-state index in [-0.39, 0.29) is 5.91 Å². The summed E-state index contributed by atoms with van der Waals surface area (Å²) in [6.45, 7) is 7.19. The van der Waals surface area contributed by atoms with Crippen LogP contribution >= 0.6 is 0 Å². The first-order valence-corrected chi connectivity index (χ1v) is 5.19. The first-order valence-electron chi connectivity index (χ1n) is 5.19. The third-order valence-corrected chi connectivity index (χ3v) is 2.75. The fourth-order valence-corrected chi connectivity index (χ4v) is 2.11. The zero-order valence-electron chi connectivity index (χ0n) is 8.60. The monoisotopic (exact) mass is 195 g/mol. The lowest BCUT2D eigenvalue weighted by atomic mass is 10.2. The van der Waals surface area contributed by atoms with Gasteiger partial charge < -0.3 is 10.6 Å². The van der Waals surface area contributed by atoms with Gasteiger partial charge in [-0.1, -0.05) is 0 Å². The van der Waals surface area contributed by atoms with E-state index >= 15 is 0 Å². The van der Waals surface area contributed by atoms with Gasteiger partial charge in [0.15, 0.2) is 0 Å². The maximum absolute atomic E-state index is 11.3. The SMILES string of the molecule is CCNC(=O)CN1CC2=C(CNC2)C1. The van der Waals surface area contributed by atoms with Crippen molar-refractivity contribution < 1.29 is 4.79 Å². The molecule has 78 valence electrons. The van der Waals surface area contributed by atoms with E-state index < -0.39 is 0 Å². The van der Waals surface area contributed by atoms with Gasteiger partial charge in [0.25, 0.3) is 0 Å². The molecule has 0 saturated heterocycles. The lowest BCUT2D eigenvalue weighted by Crippen LogP contribution is -2.37. The molecule has 2 heterocycles.